The van der Waals surface area contributed by atoms with Gasteiger partial charge in [-0.3, -0.25) is 9.59 Å². The quantitative estimate of drug-likeness (QED) is 0.473. The summed E-state index contributed by atoms with van der Waals surface area (Å²) in [6.45, 7) is 0. The summed E-state index contributed by atoms with van der Waals surface area (Å²) in [4.78, 5) is 26.9. The Kier molecular flexibility index (Phi) is 3.97. The molecule has 0 radical (unpaired) electrons. The van der Waals surface area contributed by atoms with E-state index in [1.165, 1.54) is 0 Å². The van der Waals surface area contributed by atoms with E-state index in [-0.39, 0.29) is 11.6 Å². The number of fused-ring (bicyclic) bond motifs is 1. The Bertz CT molecular complexity index is 907. The van der Waals surface area contributed by atoms with E-state index >= 15 is 0 Å². The molecule has 0 atom stereocenters. The van der Waals surface area contributed by atoms with Crippen molar-refractivity contribution in [1.29, 1.82) is 0 Å². The van der Waals surface area contributed by atoms with Gasteiger partial charge < -0.3 is 0 Å². The molecule has 0 amide bonds. The van der Waals surface area contributed by atoms with Gasteiger partial charge in [0.1, 0.15) is 5.41 Å². The molecule has 1 aliphatic carbocycles. The van der Waals surface area contributed by atoms with Crippen LogP contribution in [0.25, 0.3) is 0 Å². The average molecular weight is 456 g/mol. The van der Waals surface area contributed by atoms with Crippen LogP contribution in [0.15, 0.2) is 81.7 Å². The fraction of sp³-hybridized carbons (Fsp3) is 0.0476. The van der Waals surface area contributed by atoms with Gasteiger partial charge >= 0.3 is 0 Å². The SMILES string of the molecule is O=C1c2ccccc2C(=O)C1(c1ccc(Br)cc1)c1ccc(Br)cc1. The minimum Gasteiger partial charge on any atom is -0.292 e. The van der Waals surface area contributed by atoms with Crippen LogP contribution in [-0.4, -0.2) is 11.6 Å². The van der Waals surface area contributed by atoms with Crippen molar-refractivity contribution in [3.05, 3.63) is 104 Å². The Morgan fingerprint density at radius 3 is 1.28 bits per heavy atom. The number of carbonyl (C=O) groups is 2. The number of ketones is 2. The van der Waals surface area contributed by atoms with Crippen LogP contribution in [0.3, 0.4) is 0 Å². The molecule has 0 N–H and O–H groups in total. The van der Waals surface area contributed by atoms with E-state index in [1.54, 1.807) is 24.3 Å². The first-order valence-electron chi connectivity index (χ1n) is 7.76. The molecule has 25 heavy (non-hydrogen) atoms. The van der Waals surface area contributed by atoms with Crippen molar-refractivity contribution < 1.29 is 9.59 Å². The van der Waals surface area contributed by atoms with Gasteiger partial charge in [0.2, 0.25) is 0 Å². The maximum Gasteiger partial charge on any atom is 0.186 e. The lowest BCUT2D eigenvalue weighted by Crippen LogP contribution is -2.39. The van der Waals surface area contributed by atoms with E-state index < -0.39 is 5.41 Å². The van der Waals surface area contributed by atoms with E-state index in [2.05, 4.69) is 31.9 Å². The average Bonchev–Trinajstić information content (AvgIpc) is 2.86. The molecule has 122 valence electrons. The Morgan fingerprint density at radius 2 is 0.920 bits per heavy atom. The first-order valence-corrected chi connectivity index (χ1v) is 9.34. The van der Waals surface area contributed by atoms with E-state index in [4.69, 9.17) is 0 Å². The van der Waals surface area contributed by atoms with Gasteiger partial charge in [-0.2, -0.15) is 0 Å². The predicted octanol–water partition coefficient (Wildman–Crippen LogP) is 5.58. The molecule has 1 aliphatic rings. The molecule has 3 aromatic rings. The van der Waals surface area contributed by atoms with Gasteiger partial charge in [0, 0.05) is 20.1 Å². The fourth-order valence-corrected chi connectivity index (χ4v) is 4.01. The van der Waals surface area contributed by atoms with Gasteiger partial charge in [0.25, 0.3) is 0 Å². The number of halogens is 2. The molecule has 0 aliphatic heterocycles. The van der Waals surface area contributed by atoms with Gasteiger partial charge in [-0.1, -0.05) is 80.4 Å². The van der Waals surface area contributed by atoms with Gasteiger partial charge in [0.15, 0.2) is 11.6 Å². The molecule has 3 aromatic carbocycles. The highest BCUT2D eigenvalue weighted by molar-refractivity contribution is 9.10. The zero-order valence-corrected chi connectivity index (χ0v) is 16.2. The summed E-state index contributed by atoms with van der Waals surface area (Å²) in [5.41, 5.74) is 1.01. The Balaban J connectivity index is 2.04. The molecule has 4 heteroatoms. The van der Waals surface area contributed by atoms with Crippen molar-refractivity contribution in [2.75, 3.05) is 0 Å². The van der Waals surface area contributed by atoms with E-state index in [0.717, 1.165) is 8.95 Å². The third-order valence-corrected chi connectivity index (χ3v) is 5.71. The van der Waals surface area contributed by atoms with Crippen LogP contribution in [0.1, 0.15) is 31.8 Å². The summed E-state index contributed by atoms with van der Waals surface area (Å²) in [5.74, 6) is -0.338. The lowest BCUT2D eigenvalue weighted by Gasteiger charge is -2.27. The number of rotatable bonds is 2. The van der Waals surface area contributed by atoms with E-state index in [9.17, 15) is 9.59 Å². The van der Waals surface area contributed by atoms with Crippen LogP contribution in [0.5, 0.6) is 0 Å². The standard InChI is InChI=1S/C21H12Br2O2/c22-15-9-5-13(6-10-15)21(14-7-11-16(23)12-8-14)19(24)17-3-1-2-4-18(17)20(21)25/h1-12H. The maximum absolute atomic E-state index is 13.5. The second kappa shape index (κ2) is 6.04. The number of hydrogen-bond acceptors (Lipinski definition) is 2. The minimum absolute atomic E-state index is 0.169. The Hall–Kier alpha value is -2.04. The van der Waals surface area contributed by atoms with Crippen LogP contribution < -0.4 is 0 Å². The van der Waals surface area contributed by atoms with Crippen LogP contribution in [0.2, 0.25) is 0 Å². The molecule has 0 saturated heterocycles. The number of benzene rings is 3. The molecule has 4 rings (SSSR count). The van der Waals surface area contributed by atoms with Crippen molar-refractivity contribution in [3.63, 3.8) is 0 Å². The zero-order valence-electron chi connectivity index (χ0n) is 13.0. The highest BCUT2D eigenvalue weighted by Gasteiger charge is 2.55. The predicted molar refractivity (Wildman–Crippen MR) is 104 cm³/mol. The largest absolute Gasteiger partial charge is 0.292 e. The summed E-state index contributed by atoms with van der Waals surface area (Å²) in [7, 11) is 0. The third kappa shape index (κ3) is 2.35. The second-order valence-corrected chi connectivity index (χ2v) is 7.80. The third-order valence-electron chi connectivity index (χ3n) is 4.65. The van der Waals surface area contributed by atoms with Crippen LogP contribution in [0.4, 0.5) is 0 Å². The molecule has 0 heterocycles. The molecule has 2 nitrogen and oxygen atoms in total. The van der Waals surface area contributed by atoms with Crippen LogP contribution in [-0.2, 0) is 5.41 Å². The molecular weight excluding hydrogens is 444 g/mol. The van der Waals surface area contributed by atoms with Crippen molar-refractivity contribution >= 4 is 43.4 Å². The molecule has 0 fully saturated rings. The van der Waals surface area contributed by atoms with E-state index in [1.807, 2.05) is 48.5 Å². The summed E-state index contributed by atoms with van der Waals surface area (Å²) in [6, 6.07) is 21.9. The minimum atomic E-state index is -1.33. The molecule has 0 aromatic heterocycles. The first-order chi connectivity index (χ1) is 12.0. The normalized spacial score (nSPS) is 15.3. The van der Waals surface area contributed by atoms with Crippen LogP contribution in [0, 0.1) is 0 Å². The summed E-state index contributed by atoms with van der Waals surface area (Å²) < 4.78 is 1.80. The van der Waals surface area contributed by atoms with Crippen LogP contribution >= 0.6 is 31.9 Å². The Labute approximate surface area is 162 Å². The maximum atomic E-state index is 13.5. The first kappa shape index (κ1) is 16.4. The number of Topliss-reactive ketones (excluding diaryl/α,β-unsaturated/α-hetero) is 2. The van der Waals surface area contributed by atoms with Gasteiger partial charge in [-0.25, -0.2) is 0 Å². The van der Waals surface area contributed by atoms with Gasteiger partial charge in [-0.15, -0.1) is 0 Å². The van der Waals surface area contributed by atoms with E-state index in [0.29, 0.717) is 22.3 Å². The summed E-state index contributed by atoms with van der Waals surface area (Å²) in [5, 5.41) is 0. The summed E-state index contributed by atoms with van der Waals surface area (Å²) >= 11 is 6.84. The number of hydrogen-bond donors (Lipinski definition) is 0. The highest BCUT2D eigenvalue weighted by Crippen LogP contribution is 2.45. The van der Waals surface area contributed by atoms with Crippen molar-refractivity contribution in [1.82, 2.24) is 0 Å². The fourth-order valence-electron chi connectivity index (χ4n) is 3.48. The zero-order chi connectivity index (χ0) is 17.6. The molecule has 0 bridgehead atoms. The topological polar surface area (TPSA) is 34.1 Å². The smallest absolute Gasteiger partial charge is 0.186 e. The van der Waals surface area contributed by atoms with Gasteiger partial charge in [-0.05, 0) is 35.4 Å². The molecular formula is C21H12Br2O2. The second-order valence-electron chi connectivity index (χ2n) is 5.97. The van der Waals surface area contributed by atoms with Crippen molar-refractivity contribution in [3.8, 4) is 0 Å². The summed E-state index contributed by atoms with van der Waals surface area (Å²) in [6.07, 6.45) is 0. The lowest BCUT2D eigenvalue weighted by molar-refractivity contribution is 0.0829. The lowest BCUT2D eigenvalue weighted by atomic mass is 9.70. The number of carbonyl (C=O) groups excluding carboxylic acids is 2. The monoisotopic (exact) mass is 454 g/mol. The molecule has 0 saturated carbocycles. The molecule has 0 unspecified atom stereocenters. The Morgan fingerprint density at radius 1 is 0.560 bits per heavy atom. The molecule has 0 spiro atoms. The van der Waals surface area contributed by atoms with Crippen molar-refractivity contribution in [2.24, 2.45) is 0 Å². The highest BCUT2D eigenvalue weighted by atomic mass is 79.9. The van der Waals surface area contributed by atoms with Gasteiger partial charge in [0.05, 0.1) is 0 Å². The van der Waals surface area contributed by atoms with Crippen molar-refractivity contribution in [2.45, 2.75) is 5.41 Å².